The van der Waals surface area contributed by atoms with E-state index >= 15 is 0 Å². The second-order valence-electron chi connectivity index (χ2n) is 14.5. The van der Waals surface area contributed by atoms with Gasteiger partial charge in [-0.15, -0.1) is 23.8 Å². The maximum atomic E-state index is 11.1. The Kier molecular flexibility index (Phi) is 10.8. The first-order valence-corrected chi connectivity index (χ1v) is 19.1. The fourth-order valence-electron chi connectivity index (χ4n) is 7.63. The number of hydrogen-bond donors (Lipinski definition) is 1. The molecular formula is C52H40N3OPt-. The smallest absolute Gasteiger partial charge is 0.144 e. The van der Waals surface area contributed by atoms with Crippen LogP contribution < -0.4 is 0 Å². The molecule has 5 heteroatoms. The molecule has 2 heterocycles. The predicted molar refractivity (Wildman–Crippen MR) is 230 cm³/mol. The Morgan fingerprint density at radius 2 is 1.12 bits per heavy atom. The zero-order valence-corrected chi connectivity index (χ0v) is 34.0. The van der Waals surface area contributed by atoms with Gasteiger partial charge in [-0.1, -0.05) is 156 Å². The van der Waals surface area contributed by atoms with Crippen LogP contribution in [0.5, 0.6) is 5.75 Å². The molecule has 0 fully saturated rings. The molecule has 0 unspecified atom stereocenters. The van der Waals surface area contributed by atoms with Gasteiger partial charge in [-0.25, -0.2) is 4.98 Å². The van der Waals surface area contributed by atoms with Crippen molar-refractivity contribution in [3.63, 3.8) is 0 Å². The summed E-state index contributed by atoms with van der Waals surface area (Å²) in [6.45, 7) is 4.32. The number of pyridine rings is 1. The molecule has 0 bridgehead atoms. The first-order chi connectivity index (χ1) is 27.5. The fraction of sp³-hybridized carbons (Fsp3) is 0.0769. The minimum absolute atomic E-state index is 0. The van der Waals surface area contributed by atoms with Crippen LogP contribution in [0.25, 0.3) is 78.2 Å². The summed E-state index contributed by atoms with van der Waals surface area (Å²) in [6.07, 6.45) is 2.79. The van der Waals surface area contributed by atoms with E-state index < -0.39 is 0 Å². The SMILES string of the molecule is CC(C)n1c(-c2ccccc2O)nc2c(-c3[c-]c(-c4cc(-c5ccc(Cc6ccccc6)cc5)ccn4)cc(-c4ccccc4)c3)cc(-c3ccccc3)cc21.[Pt]. The maximum Gasteiger partial charge on any atom is 0.144 e. The van der Waals surface area contributed by atoms with Crippen molar-refractivity contribution in [3.05, 3.63) is 199 Å². The molecule has 0 saturated heterocycles. The summed E-state index contributed by atoms with van der Waals surface area (Å²) in [4.78, 5) is 10.3. The normalized spacial score (nSPS) is 11.1. The molecule has 2 aromatic heterocycles. The van der Waals surface area contributed by atoms with Crippen LogP contribution in [0.1, 0.15) is 31.0 Å². The number of phenolic OH excluding ortho intramolecular Hbond substituents is 1. The van der Waals surface area contributed by atoms with Crippen LogP contribution in [0, 0.1) is 6.07 Å². The average molecular weight is 918 g/mol. The molecule has 280 valence electrons. The Balaban J connectivity index is 0.00000455. The molecule has 0 radical (unpaired) electrons. The number of aromatic nitrogens is 3. The largest absolute Gasteiger partial charge is 0.507 e. The molecule has 0 saturated carbocycles. The van der Waals surface area contributed by atoms with Crippen LogP contribution in [-0.4, -0.2) is 19.6 Å². The Morgan fingerprint density at radius 1 is 0.544 bits per heavy atom. The Bertz CT molecular complexity index is 2800. The third-order valence-electron chi connectivity index (χ3n) is 10.4. The number of aromatic hydroxyl groups is 1. The van der Waals surface area contributed by atoms with Crippen molar-refractivity contribution < 1.29 is 26.2 Å². The van der Waals surface area contributed by atoms with Crippen molar-refractivity contribution in [2.24, 2.45) is 0 Å². The van der Waals surface area contributed by atoms with Gasteiger partial charge in [-0.2, -0.15) is 0 Å². The van der Waals surface area contributed by atoms with Crippen LogP contribution in [0.4, 0.5) is 0 Å². The number of fused-ring (bicyclic) bond motifs is 1. The van der Waals surface area contributed by atoms with Gasteiger partial charge in [0.1, 0.15) is 11.6 Å². The van der Waals surface area contributed by atoms with E-state index in [9.17, 15) is 5.11 Å². The van der Waals surface area contributed by atoms with E-state index in [1.165, 1.54) is 11.1 Å². The number of hydrogen-bond acceptors (Lipinski definition) is 3. The number of para-hydroxylation sites is 1. The summed E-state index contributed by atoms with van der Waals surface area (Å²) in [7, 11) is 0. The molecule has 0 spiro atoms. The first-order valence-electron chi connectivity index (χ1n) is 19.1. The second kappa shape index (κ2) is 16.4. The van der Waals surface area contributed by atoms with Gasteiger partial charge >= 0.3 is 0 Å². The van der Waals surface area contributed by atoms with E-state index in [-0.39, 0.29) is 32.9 Å². The van der Waals surface area contributed by atoms with E-state index in [1.54, 1.807) is 6.07 Å². The topological polar surface area (TPSA) is 50.9 Å². The first kappa shape index (κ1) is 37.6. The number of benzene rings is 7. The monoisotopic (exact) mass is 917 g/mol. The van der Waals surface area contributed by atoms with Gasteiger partial charge in [0.2, 0.25) is 0 Å². The molecule has 0 aliphatic rings. The van der Waals surface area contributed by atoms with E-state index in [1.807, 2.05) is 36.5 Å². The van der Waals surface area contributed by atoms with E-state index in [2.05, 4.69) is 164 Å². The molecule has 4 nitrogen and oxygen atoms in total. The summed E-state index contributed by atoms with van der Waals surface area (Å²) in [5, 5.41) is 11.1. The van der Waals surface area contributed by atoms with Gasteiger partial charge in [-0.05, 0) is 83.5 Å². The van der Waals surface area contributed by atoms with Crippen LogP contribution >= 0.6 is 0 Å². The van der Waals surface area contributed by atoms with E-state index in [0.717, 1.165) is 79.0 Å². The van der Waals surface area contributed by atoms with Crippen LogP contribution in [0.3, 0.4) is 0 Å². The summed E-state index contributed by atoms with van der Waals surface area (Å²) < 4.78 is 2.23. The van der Waals surface area contributed by atoms with Gasteiger partial charge in [0.25, 0.3) is 0 Å². The summed E-state index contributed by atoms with van der Waals surface area (Å²) >= 11 is 0. The third kappa shape index (κ3) is 7.74. The van der Waals surface area contributed by atoms with Gasteiger partial charge in [0, 0.05) is 39.0 Å². The molecule has 0 aliphatic heterocycles. The van der Waals surface area contributed by atoms with Gasteiger partial charge in [0.05, 0.1) is 16.6 Å². The van der Waals surface area contributed by atoms with Crippen molar-refractivity contribution in [1.82, 2.24) is 14.5 Å². The summed E-state index contributed by atoms with van der Waals surface area (Å²) in [5.74, 6) is 0.925. The van der Waals surface area contributed by atoms with Crippen LogP contribution in [0.15, 0.2) is 182 Å². The quantitative estimate of drug-likeness (QED) is 0.147. The zero-order valence-electron chi connectivity index (χ0n) is 31.7. The molecule has 0 amide bonds. The average Bonchev–Trinajstić information content (AvgIpc) is 3.64. The van der Waals surface area contributed by atoms with Crippen molar-refractivity contribution in [1.29, 1.82) is 0 Å². The predicted octanol–water partition coefficient (Wildman–Crippen LogP) is 13.1. The van der Waals surface area contributed by atoms with E-state index in [0.29, 0.717) is 5.56 Å². The standard InChI is InChI=1S/C52H40N3O.Pt/c1-35(2)55-49-34-43(39-18-10-5-11-19-39)32-47(51(49)54-52(55)46-20-12-13-21-50(46)56)44-29-42(38-16-8-4-9-17-38)30-45(31-44)48-33-41(26-27-53-48)40-24-22-37(23-25-40)28-36-14-6-3-7-15-36;/h3-27,29-30,32-35,56H,28H2,1-2H3;/q-1;. The maximum absolute atomic E-state index is 11.1. The molecule has 9 rings (SSSR count). The van der Waals surface area contributed by atoms with E-state index in [4.69, 9.17) is 9.97 Å². The van der Waals surface area contributed by atoms with Crippen molar-refractivity contribution >= 4 is 11.0 Å². The van der Waals surface area contributed by atoms with Crippen molar-refractivity contribution in [2.45, 2.75) is 26.3 Å². The summed E-state index contributed by atoms with van der Waals surface area (Å²) in [6, 6.07) is 64.8. The fourth-order valence-corrected chi connectivity index (χ4v) is 7.63. The Morgan fingerprint density at radius 3 is 1.79 bits per heavy atom. The number of rotatable bonds is 9. The molecule has 0 atom stereocenters. The molecule has 0 aliphatic carbocycles. The number of imidazole rings is 1. The van der Waals surface area contributed by atoms with Crippen LogP contribution in [0.2, 0.25) is 0 Å². The molecule has 57 heavy (non-hydrogen) atoms. The van der Waals surface area contributed by atoms with Crippen molar-refractivity contribution in [2.75, 3.05) is 0 Å². The second-order valence-corrected chi connectivity index (χ2v) is 14.5. The van der Waals surface area contributed by atoms with Gasteiger partial charge < -0.3 is 9.67 Å². The minimum Gasteiger partial charge on any atom is -0.507 e. The number of phenols is 1. The third-order valence-corrected chi connectivity index (χ3v) is 10.4. The number of nitrogens with zero attached hydrogens (tertiary/aromatic N) is 3. The molecule has 9 aromatic rings. The van der Waals surface area contributed by atoms with Crippen LogP contribution in [-0.2, 0) is 27.5 Å². The minimum atomic E-state index is 0. The Labute approximate surface area is 348 Å². The Hall–Kier alpha value is -6.35. The summed E-state index contributed by atoms with van der Waals surface area (Å²) in [5.41, 5.74) is 15.3. The van der Waals surface area contributed by atoms with Crippen molar-refractivity contribution in [3.8, 4) is 72.9 Å². The zero-order chi connectivity index (χ0) is 38.0. The van der Waals surface area contributed by atoms with Gasteiger partial charge in [0.15, 0.2) is 0 Å². The molecule has 1 N–H and O–H groups in total. The molecule has 7 aromatic carbocycles. The molecular weight excluding hydrogens is 878 g/mol. The van der Waals surface area contributed by atoms with Gasteiger partial charge in [-0.3, -0.25) is 4.98 Å².